The van der Waals surface area contributed by atoms with E-state index >= 15 is 0 Å². The molecule has 0 aliphatic carbocycles. The Kier molecular flexibility index (Phi) is 6.95. The minimum absolute atomic E-state index is 0.0938. The van der Waals surface area contributed by atoms with E-state index in [0.29, 0.717) is 24.5 Å². The number of likely N-dealkylation sites (tertiary alicyclic amines) is 1. The summed E-state index contributed by atoms with van der Waals surface area (Å²) in [6.07, 6.45) is 4.60. The van der Waals surface area contributed by atoms with Crippen molar-refractivity contribution in [3.05, 3.63) is 77.9 Å². The van der Waals surface area contributed by atoms with Crippen LogP contribution in [0.4, 0.5) is 0 Å². The minimum atomic E-state index is 0.0938. The maximum Gasteiger partial charge on any atom is 0.169 e. The maximum atomic E-state index is 10.2. The molecule has 31 heavy (non-hydrogen) atoms. The first-order chi connectivity index (χ1) is 15.2. The lowest BCUT2D eigenvalue weighted by Gasteiger charge is -2.26. The predicted octanol–water partition coefficient (Wildman–Crippen LogP) is 5.35. The molecular formula is C26H29NO4. The fourth-order valence-corrected chi connectivity index (χ4v) is 3.81. The van der Waals surface area contributed by atoms with E-state index in [4.69, 9.17) is 9.47 Å². The summed E-state index contributed by atoms with van der Waals surface area (Å²) in [5.41, 5.74) is 2.08. The van der Waals surface area contributed by atoms with Crippen LogP contribution >= 0.6 is 0 Å². The molecule has 5 nitrogen and oxygen atoms in total. The van der Waals surface area contributed by atoms with Crippen molar-refractivity contribution in [1.29, 1.82) is 0 Å². The van der Waals surface area contributed by atoms with Crippen LogP contribution in [-0.4, -0.2) is 41.4 Å². The highest BCUT2D eigenvalue weighted by atomic mass is 16.5. The Morgan fingerprint density at radius 2 is 1.42 bits per heavy atom. The molecule has 3 aromatic carbocycles. The van der Waals surface area contributed by atoms with Gasteiger partial charge in [-0.15, -0.1) is 0 Å². The third kappa shape index (κ3) is 6.15. The Morgan fingerprint density at radius 1 is 0.742 bits per heavy atom. The lowest BCUT2D eigenvalue weighted by atomic mass is 10.0. The van der Waals surface area contributed by atoms with Crippen LogP contribution in [-0.2, 0) is 6.42 Å². The molecule has 0 radical (unpaired) electrons. The molecule has 1 saturated heterocycles. The number of hydrogen-bond donors (Lipinski definition) is 2. The predicted molar refractivity (Wildman–Crippen MR) is 121 cm³/mol. The smallest absolute Gasteiger partial charge is 0.169 e. The van der Waals surface area contributed by atoms with E-state index in [2.05, 4.69) is 4.90 Å². The Balaban J connectivity index is 1.33. The molecule has 0 bridgehead atoms. The van der Waals surface area contributed by atoms with E-state index in [1.54, 1.807) is 18.2 Å². The Labute approximate surface area is 183 Å². The Bertz CT molecular complexity index is 964. The summed E-state index contributed by atoms with van der Waals surface area (Å²) < 4.78 is 11.8. The molecule has 0 aromatic heterocycles. The van der Waals surface area contributed by atoms with Gasteiger partial charge in [0.05, 0.1) is 0 Å². The number of aromatic hydroxyl groups is 2. The van der Waals surface area contributed by atoms with Crippen molar-refractivity contribution in [2.75, 3.05) is 26.2 Å². The highest BCUT2D eigenvalue weighted by Crippen LogP contribution is 2.33. The number of ether oxygens (including phenoxy) is 2. The SMILES string of the molecule is Oc1ccc(Cc2ccc(O)c(Oc3ccc(OCCN4CCCCC4)cc3)c2)cc1. The molecule has 4 rings (SSSR count). The molecule has 3 aromatic rings. The summed E-state index contributed by atoms with van der Waals surface area (Å²) in [5.74, 6) is 2.21. The van der Waals surface area contributed by atoms with Crippen molar-refractivity contribution >= 4 is 0 Å². The van der Waals surface area contributed by atoms with E-state index in [-0.39, 0.29) is 11.5 Å². The van der Waals surface area contributed by atoms with Crippen LogP contribution in [0.5, 0.6) is 28.7 Å². The Morgan fingerprint density at radius 3 is 2.16 bits per heavy atom. The summed E-state index contributed by atoms with van der Waals surface area (Å²) in [5, 5.41) is 19.6. The zero-order valence-electron chi connectivity index (χ0n) is 17.7. The highest BCUT2D eigenvalue weighted by Gasteiger charge is 2.10. The zero-order chi connectivity index (χ0) is 21.5. The van der Waals surface area contributed by atoms with Gasteiger partial charge in [0.15, 0.2) is 11.5 Å². The lowest BCUT2D eigenvalue weighted by molar-refractivity contribution is 0.183. The molecule has 0 spiro atoms. The number of piperidine rings is 1. The fourth-order valence-electron chi connectivity index (χ4n) is 3.81. The van der Waals surface area contributed by atoms with Crippen LogP contribution in [0.15, 0.2) is 66.7 Å². The van der Waals surface area contributed by atoms with Crippen LogP contribution in [0.3, 0.4) is 0 Å². The van der Waals surface area contributed by atoms with E-state index in [1.807, 2.05) is 48.5 Å². The molecular weight excluding hydrogens is 390 g/mol. The van der Waals surface area contributed by atoms with Crippen LogP contribution < -0.4 is 9.47 Å². The molecule has 1 aliphatic rings. The van der Waals surface area contributed by atoms with Gasteiger partial charge in [0.1, 0.15) is 23.9 Å². The molecule has 0 saturated carbocycles. The van der Waals surface area contributed by atoms with Crippen molar-refractivity contribution in [3.8, 4) is 28.7 Å². The van der Waals surface area contributed by atoms with Gasteiger partial charge < -0.3 is 19.7 Å². The van der Waals surface area contributed by atoms with Crippen molar-refractivity contribution < 1.29 is 19.7 Å². The molecule has 1 heterocycles. The number of hydrogen-bond acceptors (Lipinski definition) is 5. The van der Waals surface area contributed by atoms with Crippen molar-refractivity contribution in [2.45, 2.75) is 25.7 Å². The second kappa shape index (κ2) is 10.2. The summed E-state index contributed by atoms with van der Waals surface area (Å²) in [6.45, 7) is 3.98. The average molecular weight is 420 g/mol. The minimum Gasteiger partial charge on any atom is -0.508 e. The lowest BCUT2D eigenvalue weighted by Crippen LogP contribution is -2.33. The Hall–Kier alpha value is -3.18. The van der Waals surface area contributed by atoms with Crippen molar-refractivity contribution in [3.63, 3.8) is 0 Å². The quantitative estimate of drug-likeness (QED) is 0.516. The highest BCUT2D eigenvalue weighted by molar-refractivity contribution is 5.46. The number of rotatable bonds is 8. The zero-order valence-corrected chi connectivity index (χ0v) is 17.7. The average Bonchev–Trinajstić information content (AvgIpc) is 2.79. The number of benzene rings is 3. The normalized spacial score (nSPS) is 14.3. The topological polar surface area (TPSA) is 62.2 Å². The van der Waals surface area contributed by atoms with Gasteiger partial charge in [-0.3, -0.25) is 4.90 Å². The first-order valence-corrected chi connectivity index (χ1v) is 10.9. The van der Waals surface area contributed by atoms with Crippen LogP contribution in [0.2, 0.25) is 0 Å². The monoisotopic (exact) mass is 419 g/mol. The van der Waals surface area contributed by atoms with Gasteiger partial charge in [0.2, 0.25) is 0 Å². The van der Waals surface area contributed by atoms with Gasteiger partial charge in [-0.2, -0.15) is 0 Å². The fraction of sp³-hybridized carbons (Fsp3) is 0.308. The number of phenolic OH excluding ortho intramolecular Hbond substituents is 2. The third-order valence-corrected chi connectivity index (χ3v) is 5.55. The van der Waals surface area contributed by atoms with Gasteiger partial charge in [0, 0.05) is 6.54 Å². The van der Waals surface area contributed by atoms with Gasteiger partial charge in [-0.1, -0.05) is 24.6 Å². The summed E-state index contributed by atoms with van der Waals surface area (Å²) in [4.78, 5) is 2.45. The molecule has 0 atom stereocenters. The van der Waals surface area contributed by atoms with Crippen LogP contribution in [0.25, 0.3) is 0 Å². The first kappa shape index (κ1) is 21.1. The molecule has 2 N–H and O–H groups in total. The largest absolute Gasteiger partial charge is 0.508 e. The number of phenols is 2. The first-order valence-electron chi connectivity index (χ1n) is 10.9. The van der Waals surface area contributed by atoms with Gasteiger partial charge in [-0.25, -0.2) is 0 Å². The second-order valence-corrected chi connectivity index (χ2v) is 7.97. The van der Waals surface area contributed by atoms with Crippen molar-refractivity contribution in [2.24, 2.45) is 0 Å². The van der Waals surface area contributed by atoms with Crippen LogP contribution in [0.1, 0.15) is 30.4 Å². The van der Waals surface area contributed by atoms with E-state index in [1.165, 1.54) is 32.4 Å². The third-order valence-electron chi connectivity index (χ3n) is 5.55. The van der Waals surface area contributed by atoms with E-state index in [0.717, 1.165) is 23.4 Å². The van der Waals surface area contributed by atoms with Crippen LogP contribution in [0, 0.1) is 0 Å². The molecule has 1 fully saturated rings. The summed E-state index contributed by atoms with van der Waals surface area (Å²) >= 11 is 0. The van der Waals surface area contributed by atoms with E-state index < -0.39 is 0 Å². The van der Waals surface area contributed by atoms with Crippen molar-refractivity contribution in [1.82, 2.24) is 4.90 Å². The molecule has 0 amide bonds. The van der Waals surface area contributed by atoms with Gasteiger partial charge in [0.25, 0.3) is 0 Å². The summed E-state index contributed by atoms with van der Waals surface area (Å²) in [6, 6.07) is 19.9. The maximum absolute atomic E-state index is 10.2. The van der Waals surface area contributed by atoms with E-state index in [9.17, 15) is 10.2 Å². The molecule has 5 heteroatoms. The standard InChI is InChI=1S/C26H29NO4/c28-22-7-4-20(5-8-22)18-21-6-13-25(29)26(19-21)31-24-11-9-23(10-12-24)30-17-16-27-14-2-1-3-15-27/h4-13,19,28-29H,1-3,14-18H2. The molecule has 162 valence electrons. The summed E-state index contributed by atoms with van der Waals surface area (Å²) in [7, 11) is 0. The van der Waals surface area contributed by atoms with Gasteiger partial charge in [-0.05, 0) is 92.0 Å². The number of nitrogens with zero attached hydrogens (tertiary/aromatic N) is 1. The molecule has 1 aliphatic heterocycles. The van der Waals surface area contributed by atoms with Gasteiger partial charge >= 0.3 is 0 Å². The molecule has 0 unspecified atom stereocenters. The second-order valence-electron chi connectivity index (χ2n) is 7.97.